The molecule has 2 aliphatic heterocycles. The van der Waals surface area contributed by atoms with Crippen molar-refractivity contribution in [2.75, 3.05) is 26.3 Å². The van der Waals surface area contributed by atoms with E-state index in [1.807, 2.05) is 13.0 Å². The van der Waals surface area contributed by atoms with E-state index in [1.54, 1.807) is 24.3 Å². The van der Waals surface area contributed by atoms with Crippen LogP contribution in [0.25, 0.3) is 0 Å². The Hall–Kier alpha value is -3.27. The number of aliphatic hydroxyl groups is 1. The first kappa shape index (κ1) is 34.6. The van der Waals surface area contributed by atoms with Crippen LogP contribution in [0.2, 0.25) is 0 Å². The molecule has 5 aliphatic rings. The van der Waals surface area contributed by atoms with Gasteiger partial charge in [0.05, 0.1) is 19.0 Å². The van der Waals surface area contributed by atoms with Crippen molar-refractivity contribution in [1.82, 2.24) is 10.6 Å². The van der Waals surface area contributed by atoms with Crippen molar-refractivity contribution in [1.29, 1.82) is 0 Å². The summed E-state index contributed by atoms with van der Waals surface area (Å²) in [6, 6.07) is 6.82. The van der Waals surface area contributed by atoms with Crippen molar-refractivity contribution in [2.24, 2.45) is 23.0 Å². The average Bonchev–Trinajstić information content (AvgIpc) is 3.81. The first-order chi connectivity index (χ1) is 23.1. The molecule has 260 valence electrons. The van der Waals surface area contributed by atoms with Gasteiger partial charge in [0.2, 0.25) is 5.78 Å². The topological polar surface area (TPSA) is 143 Å². The Morgan fingerprint density at radius 3 is 2.48 bits per heavy atom. The van der Waals surface area contributed by atoms with Crippen molar-refractivity contribution in [3.63, 3.8) is 0 Å². The maximum atomic E-state index is 14.3. The second-order valence-corrected chi connectivity index (χ2v) is 14.8. The van der Waals surface area contributed by atoms with Gasteiger partial charge in [0, 0.05) is 36.1 Å². The lowest BCUT2D eigenvalue weighted by Gasteiger charge is -2.41. The van der Waals surface area contributed by atoms with E-state index < -0.39 is 28.7 Å². The maximum absolute atomic E-state index is 14.3. The van der Waals surface area contributed by atoms with Gasteiger partial charge in [-0.25, -0.2) is 4.79 Å². The fourth-order valence-electron chi connectivity index (χ4n) is 9.23. The van der Waals surface area contributed by atoms with Gasteiger partial charge >= 0.3 is 5.97 Å². The number of ether oxygens (including phenoxy) is 2. The molecule has 0 bridgehead atoms. The average molecular weight is 660 g/mol. The van der Waals surface area contributed by atoms with Crippen LogP contribution in [0.3, 0.4) is 0 Å². The number of nitrogens with one attached hydrogen (secondary N) is 2. The summed E-state index contributed by atoms with van der Waals surface area (Å²) in [5.74, 6) is -0.443. The molecule has 9 nitrogen and oxygen atoms in total. The third-order valence-corrected chi connectivity index (χ3v) is 12.0. The van der Waals surface area contributed by atoms with E-state index in [0.717, 1.165) is 63.5 Å². The first-order valence-electron chi connectivity index (χ1n) is 18.1. The van der Waals surface area contributed by atoms with Crippen molar-refractivity contribution >= 4 is 17.5 Å². The smallest absolute Gasteiger partial charge is 0.350 e. The van der Waals surface area contributed by atoms with Gasteiger partial charge in [0.15, 0.2) is 11.4 Å². The number of nitrogens with two attached hydrogens (primary N) is 1. The van der Waals surface area contributed by atoms with Gasteiger partial charge in [-0.2, -0.15) is 0 Å². The molecule has 1 aromatic carbocycles. The molecule has 5 atom stereocenters. The molecular weight excluding hydrogens is 606 g/mol. The van der Waals surface area contributed by atoms with Crippen LogP contribution >= 0.6 is 0 Å². The number of aliphatic hydroxyl groups excluding tert-OH is 1. The van der Waals surface area contributed by atoms with Crippen LogP contribution in [-0.2, 0) is 14.3 Å². The summed E-state index contributed by atoms with van der Waals surface area (Å²) in [5, 5.41) is 17.5. The number of hydrogen-bond donors (Lipinski definition) is 4. The molecule has 0 spiro atoms. The van der Waals surface area contributed by atoms with Gasteiger partial charge in [-0.15, -0.1) is 0 Å². The molecule has 3 fully saturated rings. The number of epoxide rings is 1. The number of esters is 1. The van der Waals surface area contributed by atoms with Gasteiger partial charge in [-0.1, -0.05) is 75.4 Å². The SMILES string of the molecule is CCNC1CCC(CC)CC1COC(=O)C12OC1(CC(CO)=C(C)CC1(C3=CCNC(N)=C3)CCCCC1)C(=O)c1ccccc1C2=O. The quantitative estimate of drug-likeness (QED) is 0.102. The first-order valence-corrected chi connectivity index (χ1v) is 18.1. The minimum absolute atomic E-state index is 0.0562. The van der Waals surface area contributed by atoms with Crippen LogP contribution < -0.4 is 16.4 Å². The van der Waals surface area contributed by atoms with E-state index in [0.29, 0.717) is 30.3 Å². The standard InChI is InChI=1S/C39H53N3O6/c1-4-26-13-14-32(41-5-2)27(19-26)24-47-36(46)39-35(45)31-12-8-7-11-30(31)34(44)38(39,48-39)22-28(23-43)25(3)21-37(16-9-6-10-17-37)29-15-18-42-33(40)20-29/h7-8,11-12,15,20,26-27,32,41-43H,4-6,9-10,13-14,16-19,21-24,40H2,1-3H3. The molecule has 5 N–H and O–H groups in total. The highest BCUT2D eigenvalue weighted by molar-refractivity contribution is 6.32. The van der Waals surface area contributed by atoms with E-state index in [4.69, 9.17) is 15.2 Å². The molecule has 2 heterocycles. The summed E-state index contributed by atoms with van der Waals surface area (Å²) in [7, 11) is 0. The number of dihydropyridines is 1. The Bertz CT molecular complexity index is 1520. The highest BCUT2D eigenvalue weighted by atomic mass is 16.7. The van der Waals surface area contributed by atoms with E-state index in [2.05, 4.69) is 30.6 Å². The number of benzene rings is 1. The minimum Gasteiger partial charge on any atom is -0.463 e. The Balaban J connectivity index is 1.31. The number of carbonyl (C=O) groups is 3. The van der Waals surface area contributed by atoms with Crippen molar-refractivity contribution < 1.29 is 29.0 Å². The van der Waals surface area contributed by atoms with Crippen LogP contribution in [0.1, 0.15) is 112 Å². The van der Waals surface area contributed by atoms with Crippen LogP contribution in [0, 0.1) is 17.3 Å². The van der Waals surface area contributed by atoms with E-state index in [-0.39, 0.29) is 48.1 Å². The molecule has 0 aromatic heterocycles. The predicted molar refractivity (Wildman–Crippen MR) is 184 cm³/mol. The lowest BCUT2D eigenvalue weighted by molar-refractivity contribution is -0.150. The molecule has 48 heavy (non-hydrogen) atoms. The lowest BCUT2D eigenvalue weighted by Crippen LogP contribution is -2.51. The molecule has 1 aromatic rings. The van der Waals surface area contributed by atoms with Crippen molar-refractivity contribution in [2.45, 2.75) is 109 Å². The lowest BCUT2D eigenvalue weighted by atomic mass is 9.64. The molecule has 1 saturated heterocycles. The number of fused-ring (bicyclic) bond motifs is 2. The molecule has 0 radical (unpaired) electrons. The molecular formula is C39H53N3O6. The summed E-state index contributed by atoms with van der Waals surface area (Å²) in [6.07, 6.45) is 14.4. The van der Waals surface area contributed by atoms with Gasteiger partial charge in [0.25, 0.3) is 5.60 Å². The fourth-order valence-corrected chi connectivity index (χ4v) is 9.23. The number of Topliss-reactive ketones (excluding diaryl/α,β-unsaturated/α-hetero) is 2. The molecule has 9 heteroatoms. The summed E-state index contributed by atoms with van der Waals surface area (Å²) >= 11 is 0. The third-order valence-electron chi connectivity index (χ3n) is 12.0. The maximum Gasteiger partial charge on any atom is 0.350 e. The molecule has 2 saturated carbocycles. The number of allylic oxidation sites excluding steroid dienone is 3. The monoisotopic (exact) mass is 659 g/mol. The van der Waals surface area contributed by atoms with E-state index in [9.17, 15) is 19.5 Å². The normalized spacial score (nSPS) is 31.4. The van der Waals surface area contributed by atoms with Crippen molar-refractivity contribution in [3.8, 4) is 0 Å². The van der Waals surface area contributed by atoms with Gasteiger partial charge < -0.3 is 30.9 Å². The third kappa shape index (κ3) is 5.96. The highest BCUT2D eigenvalue weighted by Crippen LogP contribution is 2.60. The van der Waals surface area contributed by atoms with Gasteiger partial charge in [-0.05, 0) is 80.5 Å². The zero-order valence-electron chi connectivity index (χ0n) is 28.9. The summed E-state index contributed by atoms with van der Waals surface area (Å²) in [4.78, 5) is 42.8. The second kappa shape index (κ2) is 13.9. The Labute approximate surface area is 284 Å². The predicted octanol–water partition coefficient (Wildman–Crippen LogP) is 5.29. The van der Waals surface area contributed by atoms with Crippen LogP contribution in [-0.4, -0.2) is 66.2 Å². The number of rotatable bonds is 12. The van der Waals surface area contributed by atoms with Crippen LogP contribution in [0.15, 0.2) is 59.0 Å². The summed E-state index contributed by atoms with van der Waals surface area (Å²) in [6.45, 7) is 7.59. The van der Waals surface area contributed by atoms with Gasteiger partial charge in [0.1, 0.15) is 0 Å². The molecule has 5 unspecified atom stereocenters. The number of hydrogen-bond acceptors (Lipinski definition) is 9. The summed E-state index contributed by atoms with van der Waals surface area (Å²) < 4.78 is 12.2. The molecule has 3 aliphatic carbocycles. The second-order valence-electron chi connectivity index (χ2n) is 14.8. The number of carbonyl (C=O) groups excluding carboxylic acids is 3. The van der Waals surface area contributed by atoms with E-state index >= 15 is 0 Å². The molecule has 0 amide bonds. The zero-order chi connectivity index (χ0) is 34.1. The zero-order valence-corrected chi connectivity index (χ0v) is 28.9. The van der Waals surface area contributed by atoms with Gasteiger partial charge in [-0.3, -0.25) is 9.59 Å². The highest BCUT2D eigenvalue weighted by Gasteiger charge is 2.85. The molecule has 6 rings (SSSR count). The largest absolute Gasteiger partial charge is 0.463 e. The Morgan fingerprint density at radius 2 is 1.81 bits per heavy atom. The van der Waals surface area contributed by atoms with E-state index in [1.165, 1.54) is 12.0 Å². The Morgan fingerprint density at radius 1 is 1.08 bits per heavy atom. The number of ketones is 2. The minimum atomic E-state index is -2.07. The van der Waals surface area contributed by atoms with Crippen molar-refractivity contribution in [3.05, 3.63) is 70.1 Å². The summed E-state index contributed by atoms with van der Waals surface area (Å²) in [5.41, 5.74) is 5.41. The Kier molecular flexibility index (Phi) is 10.0. The fraction of sp³-hybridized carbons (Fsp3) is 0.615. The van der Waals surface area contributed by atoms with Crippen LogP contribution in [0.4, 0.5) is 0 Å². The van der Waals surface area contributed by atoms with Crippen LogP contribution in [0.5, 0.6) is 0 Å².